The van der Waals surface area contributed by atoms with Crippen LogP contribution in [-0.2, 0) is 4.79 Å². The number of carbonyl (C=O) groups excluding carboxylic acids is 1. The third kappa shape index (κ3) is 4.89. The fourth-order valence-corrected chi connectivity index (χ4v) is 2.85. The number of amides is 1. The third-order valence-electron chi connectivity index (χ3n) is 4.28. The van der Waals surface area contributed by atoms with Crippen molar-refractivity contribution in [1.82, 2.24) is 10.2 Å². The van der Waals surface area contributed by atoms with Crippen molar-refractivity contribution in [3.05, 3.63) is 29.8 Å². The Balaban J connectivity index is 1.84. The molecule has 2 rings (SSSR count). The zero-order chi connectivity index (χ0) is 16.8. The van der Waals surface area contributed by atoms with Crippen molar-refractivity contribution in [2.75, 3.05) is 26.7 Å². The highest BCUT2D eigenvalue weighted by Crippen LogP contribution is 2.22. The van der Waals surface area contributed by atoms with Crippen molar-refractivity contribution in [3.63, 3.8) is 0 Å². The highest BCUT2D eigenvalue weighted by atomic mass is 19.2. The zero-order valence-electron chi connectivity index (χ0n) is 13.6. The molecule has 0 bridgehead atoms. The Morgan fingerprint density at radius 2 is 2.04 bits per heavy atom. The van der Waals surface area contributed by atoms with E-state index in [2.05, 4.69) is 5.32 Å². The summed E-state index contributed by atoms with van der Waals surface area (Å²) in [6.45, 7) is 4.07. The van der Waals surface area contributed by atoms with E-state index >= 15 is 0 Å². The maximum atomic E-state index is 13.2. The van der Waals surface area contributed by atoms with Gasteiger partial charge in [0.15, 0.2) is 17.7 Å². The normalized spacial score (nSPS) is 17.1. The molecule has 1 aliphatic heterocycles. The van der Waals surface area contributed by atoms with Gasteiger partial charge in [0.1, 0.15) is 5.75 Å². The number of nitrogens with zero attached hydrogens (tertiary/aromatic N) is 1. The quantitative estimate of drug-likeness (QED) is 0.874. The average Bonchev–Trinajstić information content (AvgIpc) is 2.56. The molecule has 1 fully saturated rings. The molecule has 1 aromatic rings. The molecule has 1 amide bonds. The standard InChI is InChI=1S/C17H24F2N2O2/c1-12(23-14-3-4-15(18)16(19)11-14)17(22)21-9-6-13(7-10-21)5-8-20-2/h3-4,11-13,20H,5-10H2,1-2H3. The minimum atomic E-state index is -0.979. The molecular formula is C17H24F2N2O2. The van der Waals surface area contributed by atoms with Crippen LogP contribution in [0.2, 0.25) is 0 Å². The molecule has 0 spiro atoms. The van der Waals surface area contributed by atoms with Crippen LogP contribution in [0.5, 0.6) is 5.75 Å². The number of carbonyl (C=O) groups is 1. The third-order valence-corrected chi connectivity index (χ3v) is 4.28. The molecule has 1 unspecified atom stereocenters. The SMILES string of the molecule is CNCCC1CCN(C(=O)C(C)Oc2ccc(F)c(F)c2)CC1. The predicted octanol–water partition coefficient (Wildman–Crippen LogP) is 2.58. The van der Waals surface area contributed by atoms with Crippen LogP contribution in [0.15, 0.2) is 18.2 Å². The summed E-state index contributed by atoms with van der Waals surface area (Å²) in [6.07, 6.45) is 2.39. The largest absolute Gasteiger partial charge is 0.481 e. The van der Waals surface area contributed by atoms with E-state index in [1.807, 2.05) is 7.05 Å². The Labute approximate surface area is 135 Å². The van der Waals surface area contributed by atoms with E-state index in [9.17, 15) is 13.6 Å². The monoisotopic (exact) mass is 326 g/mol. The molecule has 0 saturated carbocycles. The van der Waals surface area contributed by atoms with Gasteiger partial charge in [0.2, 0.25) is 0 Å². The fourth-order valence-electron chi connectivity index (χ4n) is 2.85. The number of piperidine rings is 1. The summed E-state index contributed by atoms with van der Waals surface area (Å²) >= 11 is 0. The van der Waals surface area contributed by atoms with Gasteiger partial charge >= 0.3 is 0 Å². The van der Waals surface area contributed by atoms with Crippen LogP contribution >= 0.6 is 0 Å². The average molecular weight is 326 g/mol. The van der Waals surface area contributed by atoms with Gasteiger partial charge in [-0.1, -0.05) is 0 Å². The van der Waals surface area contributed by atoms with Crippen molar-refractivity contribution in [1.29, 1.82) is 0 Å². The van der Waals surface area contributed by atoms with E-state index in [0.717, 1.165) is 51.0 Å². The predicted molar refractivity (Wildman–Crippen MR) is 84.3 cm³/mol. The van der Waals surface area contributed by atoms with Crippen LogP contribution in [-0.4, -0.2) is 43.6 Å². The van der Waals surface area contributed by atoms with E-state index < -0.39 is 17.7 Å². The van der Waals surface area contributed by atoms with Crippen molar-refractivity contribution in [2.24, 2.45) is 5.92 Å². The van der Waals surface area contributed by atoms with Crippen LogP contribution in [0.3, 0.4) is 0 Å². The molecule has 0 aromatic heterocycles. The van der Waals surface area contributed by atoms with E-state index in [0.29, 0.717) is 5.92 Å². The number of nitrogens with one attached hydrogen (secondary N) is 1. The number of hydrogen-bond acceptors (Lipinski definition) is 3. The lowest BCUT2D eigenvalue weighted by Gasteiger charge is -2.33. The van der Waals surface area contributed by atoms with Crippen LogP contribution < -0.4 is 10.1 Å². The van der Waals surface area contributed by atoms with Gasteiger partial charge in [-0.15, -0.1) is 0 Å². The molecule has 4 nitrogen and oxygen atoms in total. The summed E-state index contributed by atoms with van der Waals surface area (Å²) in [4.78, 5) is 14.2. The molecule has 128 valence electrons. The summed E-state index contributed by atoms with van der Waals surface area (Å²) in [6, 6.07) is 3.28. The van der Waals surface area contributed by atoms with Crippen LogP contribution in [0.25, 0.3) is 0 Å². The number of likely N-dealkylation sites (tertiary alicyclic amines) is 1. The Bertz CT molecular complexity index is 531. The van der Waals surface area contributed by atoms with E-state index in [1.54, 1.807) is 11.8 Å². The van der Waals surface area contributed by atoms with Gasteiger partial charge in [0.05, 0.1) is 0 Å². The fraction of sp³-hybridized carbons (Fsp3) is 0.588. The maximum absolute atomic E-state index is 13.2. The van der Waals surface area contributed by atoms with Gasteiger partial charge in [-0.25, -0.2) is 8.78 Å². The lowest BCUT2D eigenvalue weighted by Crippen LogP contribution is -2.45. The highest BCUT2D eigenvalue weighted by molar-refractivity contribution is 5.81. The van der Waals surface area contributed by atoms with Gasteiger partial charge in [0, 0.05) is 19.2 Å². The smallest absolute Gasteiger partial charge is 0.263 e. The minimum absolute atomic E-state index is 0.109. The molecule has 0 aliphatic carbocycles. The molecule has 1 atom stereocenters. The van der Waals surface area contributed by atoms with E-state index in [-0.39, 0.29) is 11.7 Å². The van der Waals surface area contributed by atoms with Gasteiger partial charge in [-0.3, -0.25) is 4.79 Å². The van der Waals surface area contributed by atoms with Gasteiger partial charge in [0.25, 0.3) is 5.91 Å². The van der Waals surface area contributed by atoms with Crippen molar-refractivity contribution >= 4 is 5.91 Å². The number of halogens is 2. The van der Waals surface area contributed by atoms with Crippen LogP contribution in [0.1, 0.15) is 26.2 Å². The van der Waals surface area contributed by atoms with Crippen molar-refractivity contribution < 1.29 is 18.3 Å². The first-order valence-electron chi connectivity index (χ1n) is 8.06. The second kappa shape index (κ2) is 8.24. The summed E-state index contributed by atoms with van der Waals surface area (Å²) < 4.78 is 31.5. The number of ether oxygens (including phenoxy) is 1. The first kappa shape index (κ1) is 17.7. The van der Waals surface area contributed by atoms with Gasteiger partial charge < -0.3 is 15.0 Å². The summed E-state index contributed by atoms with van der Waals surface area (Å²) in [5.41, 5.74) is 0. The Morgan fingerprint density at radius 3 is 2.65 bits per heavy atom. The first-order valence-corrected chi connectivity index (χ1v) is 8.06. The first-order chi connectivity index (χ1) is 11.0. The molecule has 0 radical (unpaired) electrons. The summed E-state index contributed by atoms with van der Waals surface area (Å²) in [5.74, 6) is -1.21. The maximum Gasteiger partial charge on any atom is 0.263 e. The number of benzene rings is 1. The van der Waals surface area contributed by atoms with Gasteiger partial charge in [-0.05, 0) is 57.8 Å². The second-order valence-corrected chi connectivity index (χ2v) is 6.00. The summed E-state index contributed by atoms with van der Waals surface area (Å²) in [5, 5.41) is 3.15. The molecule has 1 heterocycles. The van der Waals surface area contributed by atoms with Crippen molar-refractivity contribution in [3.8, 4) is 5.75 Å². The van der Waals surface area contributed by atoms with Crippen LogP contribution in [0.4, 0.5) is 8.78 Å². The lowest BCUT2D eigenvalue weighted by molar-refractivity contribution is -0.139. The molecular weight excluding hydrogens is 302 g/mol. The molecule has 1 aliphatic rings. The molecule has 1 saturated heterocycles. The van der Waals surface area contributed by atoms with E-state index in [4.69, 9.17) is 4.74 Å². The van der Waals surface area contributed by atoms with E-state index in [1.165, 1.54) is 6.07 Å². The molecule has 1 aromatic carbocycles. The molecule has 6 heteroatoms. The molecule has 1 N–H and O–H groups in total. The number of rotatable bonds is 6. The topological polar surface area (TPSA) is 41.6 Å². The lowest BCUT2D eigenvalue weighted by atomic mass is 9.93. The van der Waals surface area contributed by atoms with Gasteiger partial charge in [-0.2, -0.15) is 0 Å². The summed E-state index contributed by atoms with van der Waals surface area (Å²) in [7, 11) is 1.94. The van der Waals surface area contributed by atoms with Crippen molar-refractivity contribution in [2.45, 2.75) is 32.3 Å². The van der Waals surface area contributed by atoms with Crippen LogP contribution in [0, 0.1) is 17.6 Å². The Kier molecular flexibility index (Phi) is 6.33. The number of hydrogen-bond donors (Lipinski definition) is 1. The Morgan fingerprint density at radius 1 is 1.35 bits per heavy atom. The Hall–Kier alpha value is -1.69. The zero-order valence-corrected chi connectivity index (χ0v) is 13.6. The molecule has 23 heavy (non-hydrogen) atoms. The second-order valence-electron chi connectivity index (χ2n) is 6.00. The minimum Gasteiger partial charge on any atom is -0.481 e. The highest BCUT2D eigenvalue weighted by Gasteiger charge is 2.26.